The first-order chi connectivity index (χ1) is 14.0. The molecule has 0 aliphatic rings. The number of rotatable bonds is 5. The number of fused-ring (bicyclic) bond motifs is 1. The summed E-state index contributed by atoms with van der Waals surface area (Å²) >= 11 is 0. The molecule has 2 heterocycles. The molecule has 0 atom stereocenters. The highest BCUT2D eigenvalue weighted by Crippen LogP contribution is 2.20. The van der Waals surface area contributed by atoms with E-state index >= 15 is 0 Å². The van der Waals surface area contributed by atoms with Crippen LogP contribution in [0.3, 0.4) is 0 Å². The minimum Gasteiger partial charge on any atom is -0.497 e. The van der Waals surface area contributed by atoms with Crippen LogP contribution in [-0.4, -0.2) is 28.0 Å². The minimum absolute atomic E-state index is 0.161. The predicted molar refractivity (Wildman–Crippen MR) is 111 cm³/mol. The van der Waals surface area contributed by atoms with Crippen LogP contribution in [0.15, 0.2) is 59.4 Å². The first kappa shape index (κ1) is 18.5. The van der Waals surface area contributed by atoms with Gasteiger partial charge in [0.15, 0.2) is 0 Å². The molecule has 7 nitrogen and oxygen atoms in total. The number of H-pyrrole nitrogens is 2. The Morgan fingerprint density at radius 2 is 1.86 bits per heavy atom. The molecule has 4 aromatic rings. The van der Waals surface area contributed by atoms with E-state index < -0.39 is 5.69 Å². The summed E-state index contributed by atoms with van der Waals surface area (Å²) in [6.45, 7) is 2.35. The standard InChI is InChI=1S/C22H20N4O3/c1-13-9-16-10-14(3-8-18(16)24-13)12-23-21(27)20-11-19(25-22(28)26-20)15-4-6-17(29-2)7-5-15/h3-11,24H,12H2,1-2H3,(H,23,27)(H,25,26,28). The Morgan fingerprint density at radius 3 is 2.62 bits per heavy atom. The van der Waals surface area contributed by atoms with E-state index in [0.717, 1.165) is 27.7 Å². The van der Waals surface area contributed by atoms with E-state index in [9.17, 15) is 9.59 Å². The highest BCUT2D eigenvalue weighted by Gasteiger charge is 2.11. The molecular weight excluding hydrogens is 368 g/mol. The average molecular weight is 388 g/mol. The fourth-order valence-electron chi connectivity index (χ4n) is 3.20. The number of aromatic nitrogens is 3. The molecule has 2 aromatic carbocycles. The first-order valence-electron chi connectivity index (χ1n) is 9.14. The monoisotopic (exact) mass is 388 g/mol. The quantitative estimate of drug-likeness (QED) is 0.489. The Kier molecular flexibility index (Phi) is 4.87. The van der Waals surface area contributed by atoms with Crippen LogP contribution in [0.25, 0.3) is 22.2 Å². The number of hydrogen-bond acceptors (Lipinski definition) is 4. The van der Waals surface area contributed by atoms with Gasteiger partial charge in [0.1, 0.15) is 11.4 Å². The smallest absolute Gasteiger partial charge is 0.346 e. The van der Waals surface area contributed by atoms with E-state index in [-0.39, 0.29) is 11.6 Å². The molecule has 0 fully saturated rings. The lowest BCUT2D eigenvalue weighted by Gasteiger charge is -2.07. The number of aryl methyl sites for hydroxylation is 1. The zero-order valence-electron chi connectivity index (χ0n) is 16.1. The number of nitrogens with one attached hydrogen (secondary N) is 3. The second-order valence-corrected chi connectivity index (χ2v) is 6.77. The molecule has 29 heavy (non-hydrogen) atoms. The van der Waals surface area contributed by atoms with Crippen molar-refractivity contribution in [3.8, 4) is 17.0 Å². The number of carbonyl (C=O) groups excluding carboxylic acids is 1. The van der Waals surface area contributed by atoms with Gasteiger partial charge in [-0.15, -0.1) is 0 Å². The van der Waals surface area contributed by atoms with Crippen LogP contribution < -0.4 is 15.7 Å². The Hall–Kier alpha value is -3.87. The zero-order valence-corrected chi connectivity index (χ0v) is 16.1. The van der Waals surface area contributed by atoms with Crippen molar-refractivity contribution in [2.24, 2.45) is 0 Å². The van der Waals surface area contributed by atoms with Crippen LogP contribution in [0.5, 0.6) is 5.75 Å². The summed E-state index contributed by atoms with van der Waals surface area (Å²) in [5, 5.41) is 3.93. The maximum absolute atomic E-state index is 12.6. The topological polar surface area (TPSA) is 99.9 Å². The van der Waals surface area contributed by atoms with E-state index in [4.69, 9.17) is 4.74 Å². The molecule has 0 radical (unpaired) electrons. The van der Waals surface area contributed by atoms with Crippen LogP contribution in [0.4, 0.5) is 0 Å². The summed E-state index contributed by atoms with van der Waals surface area (Å²) in [4.78, 5) is 34.3. The summed E-state index contributed by atoms with van der Waals surface area (Å²) in [7, 11) is 1.58. The number of benzene rings is 2. The lowest BCUT2D eigenvalue weighted by atomic mass is 10.1. The Balaban J connectivity index is 1.52. The third-order valence-corrected chi connectivity index (χ3v) is 4.65. The fourth-order valence-corrected chi connectivity index (χ4v) is 3.20. The number of hydrogen-bond donors (Lipinski definition) is 3. The number of aromatic amines is 2. The van der Waals surface area contributed by atoms with E-state index in [1.165, 1.54) is 0 Å². The molecular formula is C22H20N4O3. The molecule has 3 N–H and O–H groups in total. The molecule has 7 heteroatoms. The van der Waals surface area contributed by atoms with Gasteiger partial charge < -0.3 is 20.0 Å². The van der Waals surface area contributed by atoms with Gasteiger partial charge in [-0.3, -0.25) is 4.79 Å². The van der Waals surface area contributed by atoms with E-state index in [0.29, 0.717) is 18.0 Å². The van der Waals surface area contributed by atoms with Crippen molar-refractivity contribution in [2.75, 3.05) is 7.11 Å². The van der Waals surface area contributed by atoms with Crippen LogP contribution in [-0.2, 0) is 6.54 Å². The third-order valence-electron chi connectivity index (χ3n) is 4.65. The van der Waals surface area contributed by atoms with Crippen molar-refractivity contribution >= 4 is 16.8 Å². The van der Waals surface area contributed by atoms with Crippen molar-refractivity contribution in [3.05, 3.63) is 82.0 Å². The molecule has 1 amide bonds. The molecule has 4 rings (SSSR count). The molecule has 0 saturated carbocycles. The van der Waals surface area contributed by atoms with E-state index in [2.05, 4.69) is 26.3 Å². The number of amides is 1. The van der Waals surface area contributed by atoms with Crippen molar-refractivity contribution in [1.82, 2.24) is 20.3 Å². The maximum Gasteiger partial charge on any atom is 0.346 e. The summed E-state index contributed by atoms with van der Waals surface area (Å²) in [6, 6.07) is 16.7. The highest BCUT2D eigenvalue weighted by molar-refractivity contribution is 5.93. The maximum atomic E-state index is 12.6. The summed E-state index contributed by atoms with van der Waals surface area (Å²) in [5.41, 5.74) is 3.84. The Labute approximate surface area is 166 Å². The second-order valence-electron chi connectivity index (χ2n) is 6.77. The van der Waals surface area contributed by atoms with Gasteiger partial charge in [0.25, 0.3) is 5.91 Å². The van der Waals surface area contributed by atoms with E-state index in [1.54, 1.807) is 37.4 Å². The number of methoxy groups -OCH3 is 1. The van der Waals surface area contributed by atoms with Crippen LogP contribution in [0.1, 0.15) is 21.7 Å². The van der Waals surface area contributed by atoms with Gasteiger partial charge in [-0.25, -0.2) is 4.79 Å². The van der Waals surface area contributed by atoms with Gasteiger partial charge in [-0.2, -0.15) is 4.98 Å². The number of ether oxygens (including phenoxy) is 1. The first-order valence-corrected chi connectivity index (χ1v) is 9.14. The summed E-state index contributed by atoms with van der Waals surface area (Å²) in [6.07, 6.45) is 0. The molecule has 0 saturated heterocycles. The van der Waals surface area contributed by atoms with Crippen molar-refractivity contribution in [2.45, 2.75) is 13.5 Å². The van der Waals surface area contributed by atoms with E-state index in [1.807, 2.05) is 25.1 Å². The lowest BCUT2D eigenvalue weighted by molar-refractivity contribution is 0.0945. The van der Waals surface area contributed by atoms with Gasteiger partial charge in [0, 0.05) is 23.3 Å². The number of nitrogens with zero attached hydrogens (tertiary/aromatic N) is 1. The van der Waals surface area contributed by atoms with Crippen molar-refractivity contribution in [3.63, 3.8) is 0 Å². The SMILES string of the molecule is COc1ccc(-c2cc(C(=O)NCc3ccc4[nH]c(C)cc4c3)[nH]c(=O)n2)cc1. The van der Waals surface area contributed by atoms with Gasteiger partial charge in [0.05, 0.1) is 12.8 Å². The molecule has 0 spiro atoms. The average Bonchev–Trinajstić information content (AvgIpc) is 3.10. The highest BCUT2D eigenvalue weighted by atomic mass is 16.5. The van der Waals surface area contributed by atoms with Crippen LogP contribution >= 0.6 is 0 Å². The molecule has 0 bridgehead atoms. The zero-order chi connectivity index (χ0) is 20.4. The molecule has 0 aliphatic carbocycles. The van der Waals surface area contributed by atoms with Crippen molar-refractivity contribution < 1.29 is 9.53 Å². The van der Waals surface area contributed by atoms with Crippen LogP contribution in [0, 0.1) is 6.92 Å². The molecule has 0 unspecified atom stereocenters. The normalized spacial score (nSPS) is 10.8. The molecule has 0 aliphatic heterocycles. The van der Waals surface area contributed by atoms with Gasteiger partial charge >= 0.3 is 5.69 Å². The van der Waals surface area contributed by atoms with Gasteiger partial charge in [-0.1, -0.05) is 6.07 Å². The predicted octanol–water partition coefficient (Wildman–Crippen LogP) is 3.17. The summed E-state index contributed by atoms with van der Waals surface area (Å²) < 4.78 is 5.14. The van der Waals surface area contributed by atoms with Gasteiger partial charge in [-0.05, 0) is 66.4 Å². The summed E-state index contributed by atoms with van der Waals surface area (Å²) in [5.74, 6) is 0.329. The Bertz CT molecular complexity index is 1240. The van der Waals surface area contributed by atoms with Crippen molar-refractivity contribution in [1.29, 1.82) is 0 Å². The molecule has 2 aromatic heterocycles. The molecule has 146 valence electrons. The third kappa shape index (κ3) is 4.03. The number of carbonyl (C=O) groups is 1. The minimum atomic E-state index is -0.576. The fraction of sp³-hybridized carbons (Fsp3) is 0.136. The largest absolute Gasteiger partial charge is 0.497 e. The van der Waals surface area contributed by atoms with Gasteiger partial charge in [0.2, 0.25) is 0 Å². The van der Waals surface area contributed by atoms with Crippen LogP contribution in [0.2, 0.25) is 0 Å². The lowest BCUT2D eigenvalue weighted by Crippen LogP contribution is -2.27. The second kappa shape index (κ2) is 7.63. The Morgan fingerprint density at radius 1 is 1.07 bits per heavy atom.